The lowest BCUT2D eigenvalue weighted by Gasteiger charge is -2.21. The van der Waals surface area contributed by atoms with E-state index in [2.05, 4.69) is 22.1 Å². The molecule has 3 rings (SSSR count). The normalized spacial score (nSPS) is 15.6. The number of amides is 1. The van der Waals surface area contributed by atoms with E-state index < -0.39 is 0 Å². The van der Waals surface area contributed by atoms with Gasteiger partial charge in [0, 0.05) is 44.6 Å². The van der Waals surface area contributed by atoms with Gasteiger partial charge in [-0.1, -0.05) is 25.0 Å². The Balaban J connectivity index is 1.53. The molecule has 1 aliphatic heterocycles. The summed E-state index contributed by atoms with van der Waals surface area (Å²) in [4.78, 5) is 17.1. The monoisotopic (exact) mass is 354 g/mol. The van der Waals surface area contributed by atoms with Crippen molar-refractivity contribution in [1.29, 1.82) is 0 Å². The Morgan fingerprint density at radius 3 is 2.69 bits per heavy atom. The van der Waals surface area contributed by atoms with Crippen LogP contribution in [0.3, 0.4) is 0 Å². The number of carbonyl (C=O) groups excluding carboxylic acids is 1. The average Bonchev–Trinajstić information content (AvgIpc) is 3.04. The molecular weight excluding hydrogens is 324 g/mol. The summed E-state index contributed by atoms with van der Waals surface area (Å²) in [7, 11) is 1.88. The highest BCUT2D eigenvalue weighted by molar-refractivity contribution is 5.94. The first-order valence-electron chi connectivity index (χ1n) is 9.76. The van der Waals surface area contributed by atoms with Gasteiger partial charge in [-0.25, -0.2) is 0 Å². The van der Waals surface area contributed by atoms with E-state index >= 15 is 0 Å². The first-order valence-corrected chi connectivity index (χ1v) is 9.76. The van der Waals surface area contributed by atoms with E-state index in [1.54, 1.807) is 6.20 Å². The van der Waals surface area contributed by atoms with Gasteiger partial charge in [0.1, 0.15) is 0 Å². The van der Waals surface area contributed by atoms with Gasteiger partial charge >= 0.3 is 0 Å². The quantitative estimate of drug-likeness (QED) is 0.765. The molecule has 1 fully saturated rings. The van der Waals surface area contributed by atoms with E-state index in [1.807, 2.05) is 41.0 Å². The molecule has 26 heavy (non-hydrogen) atoms. The molecule has 0 radical (unpaired) electrons. The molecule has 0 aliphatic carbocycles. The van der Waals surface area contributed by atoms with E-state index in [1.165, 1.54) is 44.3 Å². The zero-order valence-electron chi connectivity index (χ0n) is 15.8. The lowest BCUT2D eigenvalue weighted by molar-refractivity contribution is 0.0791. The number of benzene rings is 1. The minimum atomic E-state index is 0.100. The average molecular weight is 354 g/mol. The van der Waals surface area contributed by atoms with Crippen LogP contribution < -0.4 is 0 Å². The maximum absolute atomic E-state index is 12.7. The summed E-state index contributed by atoms with van der Waals surface area (Å²) in [6.45, 7) is 4.86. The molecule has 0 spiro atoms. The van der Waals surface area contributed by atoms with Crippen molar-refractivity contribution >= 4 is 5.91 Å². The van der Waals surface area contributed by atoms with Crippen molar-refractivity contribution in [3.05, 3.63) is 53.9 Å². The van der Waals surface area contributed by atoms with Crippen LogP contribution in [-0.4, -0.2) is 52.2 Å². The maximum Gasteiger partial charge on any atom is 0.253 e. The molecule has 1 amide bonds. The third-order valence-electron chi connectivity index (χ3n) is 5.07. The molecule has 0 saturated carbocycles. The molecule has 0 atom stereocenters. The Labute approximate surface area is 156 Å². The molecule has 5 heteroatoms. The van der Waals surface area contributed by atoms with E-state index in [9.17, 15) is 4.79 Å². The molecular formula is C21H30N4O. The van der Waals surface area contributed by atoms with Crippen LogP contribution in [0.15, 0.2) is 42.7 Å². The van der Waals surface area contributed by atoms with Crippen molar-refractivity contribution in [2.45, 2.75) is 45.2 Å². The second-order valence-electron chi connectivity index (χ2n) is 7.24. The van der Waals surface area contributed by atoms with E-state index in [-0.39, 0.29) is 5.91 Å². The lowest BCUT2D eigenvalue weighted by Crippen LogP contribution is -2.29. The number of rotatable bonds is 7. The summed E-state index contributed by atoms with van der Waals surface area (Å²) < 4.78 is 1.90. The Kier molecular flexibility index (Phi) is 6.83. The summed E-state index contributed by atoms with van der Waals surface area (Å²) in [5.74, 6) is 0.100. The van der Waals surface area contributed by atoms with Crippen molar-refractivity contribution in [3.63, 3.8) is 0 Å². The molecule has 0 unspecified atom stereocenters. The second-order valence-corrected chi connectivity index (χ2v) is 7.24. The number of hydrogen-bond donors (Lipinski definition) is 0. The zero-order chi connectivity index (χ0) is 18.2. The Bertz CT molecular complexity index is 675. The standard InChI is InChI=1S/C21H30N4O/c1-23(12-8-16-25-15-7-11-22-25)21(26)20-10-6-9-19(17-20)18-24-13-4-2-3-5-14-24/h6-7,9-11,15,17H,2-5,8,12-14,16,18H2,1H3. The summed E-state index contributed by atoms with van der Waals surface area (Å²) in [5.41, 5.74) is 2.03. The van der Waals surface area contributed by atoms with Crippen molar-refractivity contribution in [1.82, 2.24) is 19.6 Å². The predicted octanol–water partition coefficient (Wildman–Crippen LogP) is 3.42. The van der Waals surface area contributed by atoms with E-state index in [0.717, 1.165) is 31.6 Å². The van der Waals surface area contributed by atoms with Gasteiger partial charge in [-0.2, -0.15) is 5.10 Å². The first kappa shape index (κ1) is 18.6. The molecule has 1 saturated heterocycles. The van der Waals surface area contributed by atoms with Crippen molar-refractivity contribution in [2.24, 2.45) is 0 Å². The van der Waals surface area contributed by atoms with Gasteiger partial charge in [-0.15, -0.1) is 0 Å². The topological polar surface area (TPSA) is 41.4 Å². The molecule has 140 valence electrons. The molecule has 5 nitrogen and oxygen atoms in total. The van der Waals surface area contributed by atoms with Crippen LogP contribution in [0.1, 0.15) is 48.0 Å². The fraction of sp³-hybridized carbons (Fsp3) is 0.524. The molecule has 1 aromatic carbocycles. The van der Waals surface area contributed by atoms with Crippen LogP contribution in [0.5, 0.6) is 0 Å². The smallest absolute Gasteiger partial charge is 0.253 e. The SMILES string of the molecule is CN(CCCn1cccn1)C(=O)c1cccc(CN2CCCCCC2)c1. The highest BCUT2D eigenvalue weighted by atomic mass is 16.2. The third kappa shape index (κ3) is 5.43. The molecule has 2 heterocycles. The summed E-state index contributed by atoms with van der Waals surface area (Å²) >= 11 is 0. The molecule has 1 aromatic heterocycles. The maximum atomic E-state index is 12.7. The van der Waals surface area contributed by atoms with Crippen LogP contribution in [0.4, 0.5) is 0 Å². The van der Waals surface area contributed by atoms with Crippen molar-refractivity contribution in [2.75, 3.05) is 26.7 Å². The zero-order valence-corrected chi connectivity index (χ0v) is 15.8. The highest BCUT2D eigenvalue weighted by Crippen LogP contribution is 2.15. The predicted molar refractivity (Wildman–Crippen MR) is 104 cm³/mol. The summed E-state index contributed by atoms with van der Waals surface area (Å²) in [6, 6.07) is 10.1. The van der Waals surface area contributed by atoms with Gasteiger partial charge in [0.05, 0.1) is 0 Å². The van der Waals surface area contributed by atoms with Gasteiger partial charge in [-0.05, 0) is 56.1 Å². The van der Waals surface area contributed by atoms with Gasteiger partial charge in [0.15, 0.2) is 0 Å². The molecule has 0 bridgehead atoms. The largest absolute Gasteiger partial charge is 0.342 e. The number of carbonyl (C=O) groups is 1. The Morgan fingerprint density at radius 1 is 1.15 bits per heavy atom. The van der Waals surface area contributed by atoms with Crippen molar-refractivity contribution < 1.29 is 4.79 Å². The van der Waals surface area contributed by atoms with E-state index in [4.69, 9.17) is 0 Å². The number of nitrogens with zero attached hydrogens (tertiary/aromatic N) is 4. The van der Waals surface area contributed by atoms with Crippen LogP contribution in [0.25, 0.3) is 0 Å². The van der Waals surface area contributed by atoms with Crippen LogP contribution >= 0.6 is 0 Å². The molecule has 1 aliphatic rings. The van der Waals surface area contributed by atoms with Crippen LogP contribution in [0, 0.1) is 0 Å². The number of likely N-dealkylation sites (tertiary alicyclic amines) is 1. The Morgan fingerprint density at radius 2 is 1.96 bits per heavy atom. The fourth-order valence-electron chi connectivity index (χ4n) is 3.58. The highest BCUT2D eigenvalue weighted by Gasteiger charge is 2.14. The third-order valence-corrected chi connectivity index (χ3v) is 5.07. The van der Waals surface area contributed by atoms with E-state index in [0.29, 0.717) is 0 Å². The second kappa shape index (κ2) is 9.53. The number of aromatic nitrogens is 2. The minimum Gasteiger partial charge on any atom is -0.342 e. The van der Waals surface area contributed by atoms with Crippen LogP contribution in [0.2, 0.25) is 0 Å². The van der Waals surface area contributed by atoms with Gasteiger partial charge in [-0.3, -0.25) is 14.4 Å². The first-order chi connectivity index (χ1) is 12.7. The van der Waals surface area contributed by atoms with Gasteiger partial charge in [0.2, 0.25) is 0 Å². The Hall–Kier alpha value is -2.14. The molecule has 2 aromatic rings. The lowest BCUT2D eigenvalue weighted by atomic mass is 10.1. The van der Waals surface area contributed by atoms with Crippen molar-refractivity contribution in [3.8, 4) is 0 Å². The van der Waals surface area contributed by atoms with Gasteiger partial charge in [0.25, 0.3) is 5.91 Å². The number of hydrogen-bond acceptors (Lipinski definition) is 3. The molecule has 0 N–H and O–H groups in total. The minimum absolute atomic E-state index is 0.100. The van der Waals surface area contributed by atoms with Crippen LogP contribution in [-0.2, 0) is 13.1 Å². The fourth-order valence-corrected chi connectivity index (χ4v) is 3.58. The summed E-state index contributed by atoms with van der Waals surface area (Å²) in [5, 5.41) is 4.20. The summed E-state index contributed by atoms with van der Waals surface area (Å²) in [6.07, 6.45) is 9.90. The number of aryl methyl sites for hydroxylation is 1. The van der Waals surface area contributed by atoms with Gasteiger partial charge < -0.3 is 4.90 Å².